The van der Waals surface area contributed by atoms with Crippen molar-refractivity contribution in [2.45, 2.75) is 20.4 Å². The van der Waals surface area contributed by atoms with Crippen LogP contribution in [-0.2, 0) is 6.54 Å². The van der Waals surface area contributed by atoms with Crippen LogP contribution < -0.4 is 4.90 Å². The number of nitrogens with zero attached hydrogens (tertiary/aromatic N) is 2. The summed E-state index contributed by atoms with van der Waals surface area (Å²) in [5.41, 5.74) is 5.31. The summed E-state index contributed by atoms with van der Waals surface area (Å²) in [5.74, 6) is 0. The van der Waals surface area contributed by atoms with Gasteiger partial charge in [0.1, 0.15) is 0 Å². The summed E-state index contributed by atoms with van der Waals surface area (Å²) in [7, 11) is 0. The van der Waals surface area contributed by atoms with E-state index < -0.39 is 0 Å². The molecule has 0 aliphatic carbocycles. The third kappa shape index (κ3) is 3.45. The maximum absolute atomic E-state index is 6.27. The van der Waals surface area contributed by atoms with Crippen molar-refractivity contribution in [2.24, 2.45) is 0 Å². The van der Waals surface area contributed by atoms with Crippen LogP contribution in [0.15, 0.2) is 42.5 Å². The van der Waals surface area contributed by atoms with Crippen molar-refractivity contribution in [1.29, 1.82) is 0 Å². The van der Waals surface area contributed by atoms with Gasteiger partial charge in [-0.3, -0.25) is 4.90 Å². The maximum Gasteiger partial charge on any atom is 0.0451 e. The second-order valence-electron chi connectivity index (χ2n) is 6.14. The van der Waals surface area contributed by atoms with Gasteiger partial charge in [-0.15, -0.1) is 0 Å². The predicted octanol–water partition coefficient (Wildman–Crippen LogP) is 4.28. The third-order valence-corrected chi connectivity index (χ3v) is 4.80. The Labute approximate surface area is 138 Å². The number of benzene rings is 2. The number of halogens is 1. The molecule has 2 aromatic carbocycles. The van der Waals surface area contributed by atoms with E-state index in [1.165, 1.54) is 22.4 Å². The lowest BCUT2D eigenvalue weighted by Crippen LogP contribution is -2.46. The largest absolute Gasteiger partial charge is 0.369 e. The molecule has 1 heterocycles. The maximum atomic E-state index is 6.27. The molecule has 1 aliphatic rings. The zero-order valence-corrected chi connectivity index (χ0v) is 14.1. The van der Waals surface area contributed by atoms with Crippen molar-refractivity contribution in [1.82, 2.24) is 4.90 Å². The van der Waals surface area contributed by atoms with Gasteiger partial charge in [0, 0.05) is 43.4 Å². The molecule has 0 saturated carbocycles. The fourth-order valence-electron chi connectivity index (χ4n) is 3.07. The molecular formula is C19H23ClN2. The summed E-state index contributed by atoms with van der Waals surface area (Å²) in [6.45, 7) is 9.63. The molecule has 0 atom stereocenters. The molecule has 1 saturated heterocycles. The monoisotopic (exact) mass is 314 g/mol. The van der Waals surface area contributed by atoms with Crippen molar-refractivity contribution in [2.75, 3.05) is 31.1 Å². The zero-order chi connectivity index (χ0) is 15.5. The first-order chi connectivity index (χ1) is 10.6. The van der Waals surface area contributed by atoms with Crippen LogP contribution >= 0.6 is 11.6 Å². The summed E-state index contributed by atoms with van der Waals surface area (Å²) in [6.07, 6.45) is 0. The van der Waals surface area contributed by atoms with E-state index in [0.29, 0.717) is 0 Å². The number of aryl methyl sites for hydroxylation is 2. The molecule has 3 rings (SSSR count). The van der Waals surface area contributed by atoms with Crippen LogP contribution in [0, 0.1) is 13.8 Å². The molecule has 0 amide bonds. The fraction of sp³-hybridized carbons (Fsp3) is 0.368. The second kappa shape index (κ2) is 6.72. The van der Waals surface area contributed by atoms with Gasteiger partial charge < -0.3 is 4.90 Å². The molecule has 2 aromatic rings. The summed E-state index contributed by atoms with van der Waals surface area (Å²) in [6, 6.07) is 14.9. The van der Waals surface area contributed by atoms with Crippen LogP contribution in [0.3, 0.4) is 0 Å². The molecule has 116 valence electrons. The average Bonchev–Trinajstić information content (AvgIpc) is 2.53. The van der Waals surface area contributed by atoms with Crippen molar-refractivity contribution in [3.63, 3.8) is 0 Å². The Morgan fingerprint density at radius 2 is 1.68 bits per heavy atom. The van der Waals surface area contributed by atoms with Gasteiger partial charge in [-0.05, 0) is 42.7 Å². The number of anilines is 1. The van der Waals surface area contributed by atoms with Crippen LogP contribution in [-0.4, -0.2) is 31.1 Å². The summed E-state index contributed by atoms with van der Waals surface area (Å²) in [4.78, 5) is 4.99. The highest BCUT2D eigenvalue weighted by atomic mass is 35.5. The molecule has 1 aliphatic heterocycles. The smallest absolute Gasteiger partial charge is 0.0451 e. The first-order valence-corrected chi connectivity index (χ1v) is 8.29. The van der Waals surface area contributed by atoms with Gasteiger partial charge >= 0.3 is 0 Å². The number of hydrogen-bond acceptors (Lipinski definition) is 2. The van der Waals surface area contributed by atoms with Gasteiger partial charge in [0.05, 0.1) is 0 Å². The third-order valence-electron chi connectivity index (χ3n) is 4.43. The van der Waals surface area contributed by atoms with Crippen LogP contribution in [0.4, 0.5) is 5.69 Å². The second-order valence-corrected chi connectivity index (χ2v) is 6.55. The Kier molecular flexibility index (Phi) is 4.70. The summed E-state index contributed by atoms with van der Waals surface area (Å²) >= 11 is 6.27. The van der Waals surface area contributed by atoms with E-state index in [-0.39, 0.29) is 0 Å². The Morgan fingerprint density at radius 3 is 2.41 bits per heavy atom. The zero-order valence-electron chi connectivity index (χ0n) is 13.3. The molecule has 0 aromatic heterocycles. The van der Waals surface area contributed by atoms with Gasteiger partial charge in [0.2, 0.25) is 0 Å². The Hall–Kier alpha value is -1.51. The lowest BCUT2D eigenvalue weighted by atomic mass is 10.1. The predicted molar refractivity (Wildman–Crippen MR) is 94.9 cm³/mol. The van der Waals surface area contributed by atoms with E-state index in [9.17, 15) is 0 Å². The van der Waals surface area contributed by atoms with Crippen molar-refractivity contribution in [3.05, 3.63) is 64.2 Å². The molecule has 0 bridgehead atoms. The van der Waals surface area contributed by atoms with E-state index in [2.05, 4.69) is 54.0 Å². The van der Waals surface area contributed by atoms with Gasteiger partial charge in [-0.25, -0.2) is 0 Å². The molecule has 1 fully saturated rings. The highest BCUT2D eigenvalue weighted by Crippen LogP contribution is 2.24. The van der Waals surface area contributed by atoms with Gasteiger partial charge in [0.25, 0.3) is 0 Å². The Bertz CT molecular complexity index is 646. The minimum Gasteiger partial charge on any atom is -0.369 e. The SMILES string of the molecule is Cc1ccc(C)c(N2CCN(Cc3ccccc3Cl)CC2)c1. The normalized spacial score (nSPS) is 16.0. The van der Waals surface area contributed by atoms with E-state index in [0.717, 1.165) is 37.7 Å². The van der Waals surface area contributed by atoms with E-state index in [1.807, 2.05) is 12.1 Å². The summed E-state index contributed by atoms with van der Waals surface area (Å²) in [5, 5.41) is 0.874. The molecule has 0 radical (unpaired) electrons. The molecule has 0 unspecified atom stereocenters. The first kappa shape index (κ1) is 15.4. The standard InChI is InChI=1S/C19H23ClN2/c1-15-7-8-16(2)19(13-15)22-11-9-21(10-12-22)14-17-5-3-4-6-18(17)20/h3-8,13H,9-12,14H2,1-2H3. The van der Waals surface area contributed by atoms with Crippen LogP contribution in [0.1, 0.15) is 16.7 Å². The van der Waals surface area contributed by atoms with Gasteiger partial charge in [-0.2, -0.15) is 0 Å². The molecule has 0 N–H and O–H groups in total. The molecule has 2 nitrogen and oxygen atoms in total. The molecular weight excluding hydrogens is 292 g/mol. The minimum atomic E-state index is 0.874. The number of piperazine rings is 1. The van der Waals surface area contributed by atoms with E-state index in [4.69, 9.17) is 11.6 Å². The summed E-state index contributed by atoms with van der Waals surface area (Å²) < 4.78 is 0. The van der Waals surface area contributed by atoms with Gasteiger partial charge in [-0.1, -0.05) is 41.9 Å². The Morgan fingerprint density at radius 1 is 0.955 bits per heavy atom. The van der Waals surface area contributed by atoms with Gasteiger partial charge in [0.15, 0.2) is 0 Å². The van der Waals surface area contributed by atoms with E-state index in [1.54, 1.807) is 0 Å². The van der Waals surface area contributed by atoms with Crippen LogP contribution in [0.2, 0.25) is 5.02 Å². The highest BCUT2D eigenvalue weighted by molar-refractivity contribution is 6.31. The van der Waals surface area contributed by atoms with Crippen molar-refractivity contribution in [3.8, 4) is 0 Å². The lowest BCUT2D eigenvalue weighted by molar-refractivity contribution is 0.250. The fourth-order valence-corrected chi connectivity index (χ4v) is 3.27. The van der Waals surface area contributed by atoms with E-state index >= 15 is 0 Å². The Balaban J connectivity index is 1.63. The van der Waals surface area contributed by atoms with Crippen molar-refractivity contribution < 1.29 is 0 Å². The molecule has 0 spiro atoms. The minimum absolute atomic E-state index is 0.874. The number of hydrogen-bond donors (Lipinski definition) is 0. The van der Waals surface area contributed by atoms with Crippen LogP contribution in [0.25, 0.3) is 0 Å². The lowest BCUT2D eigenvalue weighted by Gasteiger charge is -2.37. The number of rotatable bonds is 3. The van der Waals surface area contributed by atoms with Crippen molar-refractivity contribution >= 4 is 17.3 Å². The quantitative estimate of drug-likeness (QED) is 0.834. The van der Waals surface area contributed by atoms with Crippen LogP contribution in [0.5, 0.6) is 0 Å². The average molecular weight is 315 g/mol. The molecule has 3 heteroatoms. The highest BCUT2D eigenvalue weighted by Gasteiger charge is 2.19. The topological polar surface area (TPSA) is 6.48 Å². The molecule has 22 heavy (non-hydrogen) atoms. The first-order valence-electron chi connectivity index (χ1n) is 7.91.